The third-order valence-electron chi connectivity index (χ3n) is 1.86. The number of ketones is 1. The number of hydrogen-bond acceptors (Lipinski definition) is 1. The molecule has 0 spiro atoms. The SMILES string of the molecule is CC(=O)CCC(C)CC(C)C. The average molecular weight is 156 g/mol. The van der Waals surface area contributed by atoms with E-state index in [4.69, 9.17) is 0 Å². The van der Waals surface area contributed by atoms with Gasteiger partial charge < -0.3 is 4.79 Å². The van der Waals surface area contributed by atoms with Gasteiger partial charge in [-0.15, -0.1) is 0 Å². The lowest BCUT2D eigenvalue weighted by molar-refractivity contribution is -0.117. The molecule has 1 heteroatoms. The van der Waals surface area contributed by atoms with E-state index >= 15 is 0 Å². The van der Waals surface area contributed by atoms with Crippen LogP contribution in [0.5, 0.6) is 0 Å². The summed E-state index contributed by atoms with van der Waals surface area (Å²) in [7, 11) is 0. The van der Waals surface area contributed by atoms with Crippen molar-refractivity contribution in [2.24, 2.45) is 11.8 Å². The first-order chi connectivity index (χ1) is 5.02. The van der Waals surface area contributed by atoms with Crippen LogP contribution in [0.4, 0.5) is 0 Å². The molecule has 0 aliphatic heterocycles. The highest BCUT2D eigenvalue weighted by Gasteiger charge is 2.05. The minimum Gasteiger partial charge on any atom is -0.300 e. The summed E-state index contributed by atoms with van der Waals surface area (Å²) in [6.45, 7) is 8.35. The minimum atomic E-state index is 0.320. The summed E-state index contributed by atoms with van der Waals surface area (Å²) in [4.78, 5) is 10.6. The van der Waals surface area contributed by atoms with Crippen molar-refractivity contribution >= 4 is 5.78 Å². The van der Waals surface area contributed by atoms with Gasteiger partial charge in [0.05, 0.1) is 0 Å². The maximum Gasteiger partial charge on any atom is 0.129 e. The van der Waals surface area contributed by atoms with E-state index in [-0.39, 0.29) is 0 Å². The Morgan fingerprint density at radius 3 is 2.18 bits per heavy atom. The lowest BCUT2D eigenvalue weighted by Crippen LogP contribution is -2.02. The Bertz CT molecular complexity index is 116. The number of carbonyl (C=O) groups is 1. The zero-order valence-corrected chi connectivity index (χ0v) is 8.18. The first-order valence-corrected chi connectivity index (χ1v) is 4.51. The van der Waals surface area contributed by atoms with Crippen molar-refractivity contribution in [1.29, 1.82) is 0 Å². The third-order valence-corrected chi connectivity index (χ3v) is 1.86. The van der Waals surface area contributed by atoms with Gasteiger partial charge in [0, 0.05) is 6.42 Å². The molecular weight excluding hydrogens is 136 g/mol. The normalized spacial score (nSPS) is 13.5. The maximum atomic E-state index is 10.6. The smallest absolute Gasteiger partial charge is 0.129 e. The van der Waals surface area contributed by atoms with Crippen LogP contribution in [-0.4, -0.2) is 5.78 Å². The van der Waals surface area contributed by atoms with Gasteiger partial charge in [0.15, 0.2) is 0 Å². The van der Waals surface area contributed by atoms with Gasteiger partial charge in [-0.2, -0.15) is 0 Å². The number of rotatable bonds is 5. The van der Waals surface area contributed by atoms with Crippen molar-refractivity contribution in [2.75, 3.05) is 0 Å². The Morgan fingerprint density at radius 2 is 1.82 bits per heavy atom. The molecule has 0 aromatic rings. The Labute approximate surface area is 70.2 Å². The molecule has 0 aliphatic rings. The molecule has 0 fully saturated rings. The molecule has 1 unspecified atom stereocenters. The number of hydrogen-bond donors (Lipinski definition) is 0. The summed E-state index contributed by atoms with van der Waals surface area (Å²) >= 11 is 0. The van der Waals surface area contributed by atoms with Crippen LogP contribution in [0.25, 0.3) is 0 Å². The fourth-order valence-electron chi connectivity index (χ4n) is 1.37. The van der Waals surface area contributed by atoms with E-state index in [1.807, 2.05) is 0 Å². The summed E-state index contributed by atoms with van der Waals surface area (Å²) < 4.78 is 0. The molecule has 0 rings (SSSR count). The van der Waals surface area contributed by atoms with E-state index in [0.717, 1.165) is 18.8 Å². The van der Waals surface area contributed by atoms with Crippen LogP contribution in [0.15, 0.2) is 0 Å². The van der Waals surface area contributed by atoms with E-state index in [1.54, 1.807) is 6.92 Å². The molecule has 0 heterocycles. The van der Waals surface area contributed by atoms with Crippen LogP contribution >= 0.6 is 0 Å². The predicted molar refractivity (Wildman–Crippen MR) is 48.5 cm³/mol. The van der Waals surface area contributed by atoms with Crippen LogP contribution in [0.2, 0.25) is 0 Å². The number of carbonyl (C=O) groups excluding carboxylic acids is 1. The first-order valence-electron chi connectivity index (χ1n) is 4.51. The number of Topliss-reactive ketones (excluding diaryl/α,β-unsaturated/α-hetero) is 1. The highest BCUT2D eigenvalue weighted by molar-refractivity contribution is 5.75. The third kappa shape index (κ3) is 7.57. The molecule has 66 valence electrons. The highest BCUT2D eigenvalue weighted by atomic mass is 16.1. The van der Waals surface area contributed by atoms with Gasteiger partial charge in [0.1, 0.15) is 5.78 Å². The molecule has 0 aromatic heterocycles. The van der Waals surface area contributed by atoms with E-state index in [0.29, 0.717) is 11.7 Å². The fourth-order valence-corrected chi connectivity index (χ4v) is 1.37. The quantitative estimate of drug-likeness (QED) is 0.598. The van der Waals surface area contributed by atoms with Crippen molar-refractivity contribution in [3.63, 3.8) is 0 Å². The first kappa shape index (κ1) is 10.7. The van der Waals surface area contributed by atoms with Crippen LogP contribution in [0, 0.1) is 11.8 Å². The van der Waals surface area contributed by atoms with Crippen molar-refractivity contribution in [3.8, 4) is 0 Å². The summed E-state index contributed by atoms with van der Waals surface area (Å²) in [5, 5.41) is 0. The molecular formula is C10H20O. The minimum absolute atomic E-state index is 0.320. The van der Waals surface area contributed by atoms with Crippen LogP contribution in [0.3, 0.4) is 0 Å². The second-order valence-corrected chi connectivity index (χ2v) is 3.98. The molecule has 0 N–H and O–H groups in total. The molecule has 0 amide bonds. The van der Waals surface area contributed by atoms with E-state index in [1.165, 1.54) is 6.42 Å². The molecule has 0 saturated heterocycles. The lowest BCUT2D eigenvalue weighted by Gasteiger charge is -2.12. The highest BCUT2D eigenvalue weighted by Crippen LogP contribution is 2.15. The summed E-state index contributed by atoms with van der Waals surface area (Å²) in [5.41, 5.74) is 0. The average Bonchev–Trinajstić information content (AvgIpc) is 1.82. The standard InChI is InChI=1S/C10H20O/c1-8(2)7-9(3)5-6-10(4)11/h8-9H,5-7H2,1-4H3. The Kier molecular flexibility index (Phi) is 5.18. The largest absolute Gasteiger partial charge is 0.300 e. The summed E-state index contributed by atoms with van der Waals surface area (Å²) in [5.74, 6) is 1.79. The van der Waals surface area contributed by atoms with Crippen molar-refractivity contribution in [2.45, 2.75) is 47.0 Å². The Balaban J connectivity index is 3.37. The van der Waals surface area contributed by atoms with Gasteiger partial charge >= 0.3 is 0 Å². The van der Waals surface area contributed by atoms with Crippen molar-refractivity contribution in [1.82, 2.24) is 0 Å². The summed E-state index contributed by atoms with van der Waals surface area (Å²) in [6, 6.07) is 0. The molecule has 0 aliphatic carbocycles. The molecule has 1 atom stereocenters. The van der Waals surface area contributed by atoms with Gasteiger partial charge in [-0.1, -0.05) is 20.8 Å². The van der Waals surface area contributed by atoms with Gasteiger partial charge in [0.25, 0.3) is 0 Å². The van der Waals surface area contributed by atoms with E-state index in [9.17, 15) is 4.79 Å². The molecule has 1 nitrogen and oxygen atoms in total. The molecule has 11 heavy (non-hydrogen) atoms. The van der Waals surface area contributed by atoms with E-state index < -0.39 is 0 Å². The molecule has 0 aromatic carbocycles. The van der Waals surface area contributed by atoms with Crippen LogP contribution in [0.1, 0.15) is 47.0 Å². The van der Waals surface area contributed by atoms with Crippen molar-refractivity contribution < 1.29 is 4.79 Å². The predicted octanol–water partition coefficient (Wildman–Crippen LogP) is 3.04. The molecule has 0 bridgehead atoms. The molecule has 0 radical (unpaired) electrons. The molecule has 0 saturated carbocycles. The maximum absolute atomic E-state index is 10.6. The van der Waals surface area contributed by atoms with Crippen LogP contribution < -0.4 is 0 Å². The van der Waals surface area contributed by atoms with Gasteiger partial charge in [-0.05, 0) is 31.6 Å². The topological polar surface area (TPSA) is 17.1 Å². The second kappa shape index (κ2) is 5.34. The zero-order chi connectivity index (χ0) is 8.85. The Hall–Kier alpha value is -0.330. The van der Waals surface area contributed by atoms with Gasteiger partial charge in [-0.25, -0.2) is 0 Å². The second-order valence-electron chi connectivity index (χ2n) is 3.98. The van der Waals surface area contributed by atoms with Gasteiger partial charge in [-0.3, -0.25) is 0 Å². The van der Waals surface area contributed by atoms with Crippen LogP contribution in [-0.2, 0) is 4.79 Å². The van der Waals surface area contributed by atoms with E-state index in [2.05, 4.69) is 20.8 Å². The van der Waals surface area contributed by atoms with Crippen molar-refractivity contribution in [3.05, 3.63) is 0 Å². The summed E-state index contributed by atoms with van der Waals surface area (Å²) in [6.07, 6.45) is 3.06. The zero-order valence-electron chi connectivity index (χ0n) is 8.18. The monoisotopic (exact) mass is 156 g/mol. The fraction of sp³-hybridized carbons (Fsp3) is 0.900. The van der Waals surface area contributed by atoms with Gasteiger partial charge in [0.2, 0.25) is 0 Å². The Morgan fingerprint density at radius 1 is 1.27 bits per heavy atom. The lowest BCUT2D eigenvalue weighted by atomic mass is 9.94.